The maximum atomic E-state index is 12.7. The van der Waals surface area contributed by atoms with E-state index in [1.165, 1.54) is 0 Å². The van der Waals surface area contributed by atoms with Crippen molar-refractivity contribution in [1.29, 1.82) is 0 Å². The summed E-state index contributed by atoms with van der Waals surface area (Å²) >= 11 is 0. The zero-order valence-corrected chi connectivity index (χ0v) is 16.2. The molecule has 4 rings (SSSR count). The van der Waals surface area contributed by atoms with Gasteiger partial charge >= 0.3 is 0 Å². The van der Waals surface area contributed by atoms with E-state index in [-0.39, 0.29) is 23.7 Å². The third-order valence-corrected chi connectivity index (χ3v) is 5.74. The first kappa shape index (κ1) is 18.7. The average Bonchev–Trinajstić information content (AvgIpc) is 3.36. The monoisotopic (exact) mass is 381 g/mol. The number of carbonyl (C=O) groups is 2. The van der Waals surface area contributed by atoms with Crippen molar-refractivity contribution in [1.82, 2.24) is 20.4 Å². The molecule has 2 saturated heterocycles. The topological polar surface area (TPSA) is 79.3 Å². The lowest BCUT2D eigenvalue weighted by atomic mass is 9.90. The van der Waals surface area contributed by atoms with Crippen LogP contribution in [0.1, 0.15) is 36.3 Å². The van der Waals surface area contributed by atoms with E-state index in [1.807, 2.05) is 48.6 Å². The second-order valence-corrected chi connectivity index (χ2v) is 7.71. The third-order valence-electron chi connectivity index (χ3n) is 5.74. The molecule has 0 spiro atoms. The predicted octanol–water partition coefficient (Wildman–Crippen LogP) is 1.56. The van der Waals surface area contributed by atoms with Crippen LogP contribution >= 0.6 is 0 Å². The molecule has 2 fully saturated rings. The number of aromatic nitrogens is 2. The normalized spacial score (nSPS) is 22.5. The van der Waals surface area contributed by atoms with E-state index in [1.54, 1.807) is 4.68 Å². The highest BCUT2D eigenvalue weighted by Crippen LogP contribution is 2.28. The van der Waals surface area contributed by atoms with Gasteiger partial charge in [0.25, 0.3) is 0 Å². The van der Waals surface area contributed by atoms with E-state index in [0.29, 0.717) is 19.5 Å². The van der Waals surface area contributed by atoms with Crippen molar-refractivity contribution < 1.29 is 9.59 Å². The second-order valence-electron chi connectivity index (χ2n) is 7.71. The van der Waals surface area contributed by atoms with E-state index in [2.05, 4.69) is 15.7 Å². The quantitative estimate of drug-likeness (QED) is 0.824. The molecule has 1 aromatic carbocycles. The Balaban J connectivity index is 1.35. The first-order valence-corrected chi connectivity index (χ1v) is 9.98. The fourth-order valence-electron chi connectivity index (χ4n) is 4.13. The Morgan fingerprint density at radius 3 is 2.79 bits per heavy atom. The molecule has 0 bridgehead atoms. The summed E-state index contributed by atoms with van der Waals surface area (Å²) in [5.41, 5.74) is 3.07. The maximum absolute atomic E-state index is 12.7. The second kappa shape index (κ2) is 8.14. The van der Waals surface area contributed by atoms with Gasteiger partial charge in [-0.2, -0.15) is 5.10 Å². The molecule has 148 valence electrons. The average molecular weight is 381 g/mol. The van der Waals surface area contributed by atoms with Gasteiger partial charge in [0.15, 0.2) is 0 Å². The molecular formula is C21H27N5O2. The lowest BCUT2D eigenvalue weighted by Gasteiger charge is -2.26. The minimum absolute atomic E-state index is 0.0640. The van der Waals surface area contributed by atoms with Crippen molar-refractivity contribution in [3.05, 3.63) is 47.8 Å². The summed E-state index contributed by atoms with van der Waals surface area (Å²) in [7, 11) is 1.89. The molecule has 0 saturated carbocycles. The van der Waals surface area contributed by atoms with Crippen LogP contribution in [0.25, 0.3) is 0 Å². The molecule has 2 aromatic rings. The van der Waals surface area contributed by atoms with Crippen molar-refractivity contribution >= 4 is 17.5 Å². The molecule has 1 aromatic heterocycles. The standard InChI is InChI=1S/C21H27N5O2/c1-25-14-16(11-24-25)18-12-22-13-19(18)21(28)23-10-15-5-7-17(8-6-15)26-9-3-2-4-20(26)27/h5-8,11,14,18-19,22H,2-4,9-10,12-13H2,1H3,(H,23,28)/t18-,19+/m1/s1. The number of rotatable bonds is 5. The molecule has 2 aliphatic rings. The number of anilines is 1. The van der Waals surface area contributed by atoms with Crippen molar-refractivity contribution in [2.75, 3.05) is 24.5 Å². The van der Waals surface area contributed by atoms with E-state index in [9.17, 15) is 9.59 Å². The Morgan fingerprint density at radius 2 is 2.07 bits per heavy atom. The summed E-state index contributed by atoms with van der Waals surface area (Å²) in [4.78, 5) is 26.6. The summed E-state index contributed by atoms with van der Waals surface area (Å²) in [5.74, 6) is 0.326. The van der Waals surface area contributed by atoms with Crippen LogP contribution in [0.2, 0.25) is 0 Å². The fourth-order valence-corrected chi connectivity index (χ4v) is 4.13. The minimum Gasteiger partial charge on any atom is -0.352 e. The molecule has 3 heterocycles. The van der Waals surface area contributed by atoms with Crippen molar-refractivity contribution in [2.45, 2.75) is 31.7 Å². The van der Waals surface area contributed by atoms with Gasteiger partial charge in [0, 0.05) is 57.4 Å². The number of amides is 2. The van der Waals surface area contributed by atoms with Gasteiger partial charge < -0.3 is 15.5 Å². The van der Waals surface area contributed by atoms with E-state index in [0.717, 1.165) is 42.7 Å². The van der Waals surface area contributed by atoms with Crippen LogP contribution in [-0.2, 0) is 23.2 Å². The molecule has 2 amide bonds. The van der Waals surface area contributed by atoms with Crippen LogP contribution in [0, 0.1) is 5.92 Å². The highest BCUT2D eigenvalue weighted by Gasteiger charge is 2.34. The highest BCUT2D eigenvalue weighted by atomic mass is 16.2. The van der Waals surface area contributed by atoms with E-state index < -0.39 is 0 Å². The van der Waals surface area contributed by atoms with E-state index >= 15 is 0 Å². The van der Waals surface area contributed by atoms with Crippen molar-refractivity contribution in [2.24, 2.45) is 13.0 Å². The smallest absolute Gasteiger partial charge is 0.226 e. The first-order chi connectivity index (χ1) is 13.6. The van der Waals surface area contributed by atoms with Crippen LogP contribution < -0.4 is 15.5 Å². The molecule has 0 radical (unpaired) electrons. The van der Waals surface area contributed by atoms with Gasteiger partial charge in [0.1, 0.15) is 0 Å². The summed E-state index contributed by atoms with van der Waals surface area (Å²) in [5, 5.41) is 10.6. The van der Waals surface area contributed by atoms with Crippen LogP contribution in [-0.4, -0.2) is 41.2 Å². The number of hydrogen-bond acceptors (Lipinski definition) is 4. The van der Waals surface area contributed by atoms with Crippen LogP contribution in [0.3, 0.4) is 0 Å². The van der Waals surface area contributed by atoms with Gasteiger partial charge in [-0.1, -0.05) is 12.1 Å². The molecular weight excluding hydrogens is 354 g/mol. The molecule has 0 aliphatic carbocycles. The Kier molecular flexibility index (Phi) is 5.43. The molecule has 28 heavy (non-hydrogen) atoms. The van der Waals surface area contributed by atoms with Gasteiger partial charge in [0.05, 0.1) is 12.1 Å². The van der Waals surface area contributed by atoms with Gasteiger partial charge in [-0.15, -0.1) is 0 Å². The predicted molar refractivity (Wildman–Crippen MR) is 107 cm³/mol. The van der Waals surface area contributed by atoms with Crippen molar-refractivity contribution in [3.63, 3.8) is 0 Å². The maximum Gasteiger partial charge on any atom is 0.226 e. The number of carbonyl (C=O) groups excluding carboxylic acids is 2. The zero-order valence-electron chi connectivity index (χ0n) is 16.2. The Labute approximate surface area is 165 Å². The Morgan fingerprint density at radius 1 is 1.25 bits per heavy atom. The van der Waals surface area contributed by atoms with Crippen LogP contribution in [0.15, 0.2) is 36.7 Å². The Hall–Kier alpha value is -2.67. The lowest BCUT2D eigenvalue weighted by Crippen LogP contribution is -2.35. The lowest BCUT2D eigenvalue weighted by molar-refractivity contribution is -0.125. The molecule has 2 atom stereocenters. The van der Waals surface area contributed by atoms with Gasteiger partial charge in [-0.25, -0.2) is 0 Å². The SMILES string of the molecule is Cn1cc([C@H]2CNC[C@@H]2C(=O)NCc2ccc(N3CCCCC3=O)cc2)cn1. The van der Waals surface area contributed by atoms with Crippen molar-refractivity contribution in [3.8, 4) is 0 Å². The van der Waals surface area contributed by atoms with E-state index in [4.69, 9.17) is 0 Å². The minimum atomic E-state index is -0.0885. The third kappa shape index (κ3) is 3.94. The zero-order chi connectivity index (χ0) is 19.5. The largest absolute Gasteiger partial charge is 0.352 e. The molecule has 2 aliphatic heterocycles. The summed E-state index contributed by atoms with van der Waals surface area (Å²) in [6, 6.07) is 7.92. The summed E-state index contributed by atoms with van der Waals surface area (Å²) in [6.45, 7) is 2.76. The van der Waals surface area contributed by atoms with Gasteiger partial charge in [0.2, 0.25) is 11.8 Å². The summed E-state index contributed by atoms with van der Waals surface area (Å²) in [6.07, 6.45) is 6.50. The number of aryl methyl sites for hydroxylation is 1. The molecule has 2 N–H and O–H groups in total. The first-order valence-electron chi connectivity index (χ1n) is 9.98. The number of hydrogen-bond donors (Lipinski definition) is 2. The number of benzene rings is 1. The van der Waals surface area contributed by atoms with Crippen LogP contribution in [0.4, 0.5) is 5.69 Å². The summed E-state index contributed by atoms with van der Waals surface area (Å²) < 4.78 is 1.78. The number of nitrogens with one attached hydrogen (secondary N) is 2. The number of nitrogens with zero attached hydrogens (tertiary/aromatic N) is 3. The number of piperidine rings is 1. The Bertz CT molecular complexity index is 845. The molecule has 7 nitrogen and oxygen atoms in total. The fraction of sp³-hybridized carbons (Fsp3) is 0.476. The molecule has 7 heteroatoms. The molecule has 0 unspecified atom stereocenters. The van der Waals surface area contributed by atoms with Gasteiger partial charge in [-0.3, -0.25) is 14.3 Å². The van der Waals surface area contributed by atoms with Crippen LogP contribution in [0.5, 0.6) is 0 Å². The van der Waals surface area contributed by atoms with Gasteiger partial charge in [-0.05, 0) is 36.1 Å². The highest BCUT2D eigenvalue weighted by molar-refractivity contribution is 5.93.